The fourth-order valence-corrected chi connectivity index (χ4v) is 2.12. The van der Waals surface area contributed by atoms with Gasteiger partial charge in [0, 0.05) is 29.5 Å². The second-order valence-electron chi connectivity index (χ2n) is 4.25. The van der Waals surface area contributed by atoms with Crippen LogP contribution in [0, 0.1) is 0 Å². The molecule has 0 saturated heterocycles. The molecule has 1 heterocycles. The standard InChI is InChI=1S/C13H20BrN3O/c1-4-17(5-2)9-10(3)16-13(18)11-6-12(14)8-15-7-11/h6-8,10H,4-5,9H2,1-3H3,(H,16,18). The highest BCUT2D eigenvalue weighted by Crippen LogP contribution is 2.09. The third-order valence-corrected chi connectivity index (χ3v) is 3.20. The molecule has 5 heteroatoms. The summed E-state index contributed by atoms with van der Waals surface area (Å²) in [4.78, 5) is 18.2. The minimum absolute atomic E-state index is 0.0801. The first-order valence-corrected chi connectivity index (χ1v) is 6.99. The molecule has 1 aromatic heterocycles. The van der Waals surface area contributed by atoms with E-state index in [1.807, 2.05) is 6.92 Å². The molecule has 1 unspecified atom stereocenters. The van der Waals surface area contributed by atoms with Crippen molar-refractivity contribution in [2.24, 2.45) is 0 Å². The summed E-state index contributed by atoms with van der Waals surface area (Å²) < 4.78 is 0.812. The van der Waals surface area contributed by atoms with Gasteiger partial charge in [0.15, 0.2) is 0 Å². The second kappa shape index (κ2) is 7.48. The fourth-order valence-electron chi connectivity index (χ4n) is 1.76. The molecule has 0 radical (unpaired) electrons. The van der Waals surface area contributed by atoms with Gasteiger partial charge < -0.3 is 10.2 Å². The van der Waals surface area contributed by atoms with Gasteiger partial charge in [0.25, 0.3) is 5.91 Å². The van der Waals surface area contributed by atoms with Gasteiger partial charge in [-0.15, -0.1) is 0 Å². The molecule has 4 nitrogen and oxygen atoms in total. The maximum Gasteiger partial charge on any atom is 0.253 e. The lowest BCUT2D eigenvalue weighted by atomic mass is 10.2. The van der Waals surface area contributed by atoms with Crippen LogP contribution < -0.4 is 5.32 Å². The number of carbonyl (C=O) groups excluding carboxylic acids is 1. The number of pyridine rings is 1. The van der Waals surface area contributed by atoms with E-state index in [0.717, 1.165) is 24.1 Å². The third kappa shape index (κ3) is 4.74. The Morgan fingerprint density at radius 3 is 2.67 bits per heavy atom. The highest BCUT2D eigenvalue weighted by molar-refractivity contribution is 9.10. The molecule has 0 aliphatic heterocycles. The van der Waals surface area contributed by atoms with E-state index in [1.54, 1.807) is 18.5 Å². The molecule has 0 bridgehead atoms. The number of amides is 1. The van der Waals surface area contributed by atoms with Crippen LogP contribution in [0.15, 0.2) is 22.9 Å². The van der Waals surface area contributed by atoms with Crippen molar-refractivity contribution in [1.82, 2.24) is 15.2 Å². The third-order valence-electron chi connectivity index (χ3n) is 2.77. The normalized spacial score (nSPS) is 12.5. The molecule has 1 rings (SSSR count). The summed E-state index contributed by atoms with van der Waals surface area (Å²) >= 11 is 3.31. The van der Waals surface area contributed by atoms with Gasteiger partial charge in [-0.1, -0.05) is 13.8 Å². The van der Waals surface area contributed by atoms with Gasteiger partial charge in [-0.2, -0.15) is 0 Å². The van der Waals surface area contributed by atoms with Gasteiger partial charge in [0.1, 0.15) is 0 Å². The number of hydrogen-bond acceptors (Lipinski definition) is 3. The largest absolute Gasteiger partial charge is 0.348 e. The monoisotopic (exact) mass is 313 g/mol. The highest BCUT2D eigenvalue weighted by Gasteiger charge is 2.12. The van der Waals surface area contributed by atoms with Crippen LogP contribution in [0.25, 0.3) is 0 Å². The zero-order chi connectivity index (χ0) is 13.5. The zero-order valence-corrected chi connectivity index (χ0v) is 12.7. The van der Waals surface area contributed by atoms with E-state index >= 15 is 0 Å². The van der Waals surface area contributed by atoms with Gasteiger partial charge in [0.05, 0.1) is 5.56 Å². The summed E-state index contributed by atoms with van der Waals surface area (Å²) in [6, 6.07) is 1.89. The van der Waals surface area contributed by atoms with Gasteiger partial charge in [-0.25, -0.2) is 0 Å². The molecule has 1 atom stereocenters. The minimum atomic E-state index is -0.0801. The number of nitrogens with one attached hydrogen (secondary N) is 1. The van der Waals surface area contributed by atoms with Crippen LogP contribution in [0.3, 0.4) is 0 Å². The van der Waals surface area contributed by atoms with Crippen LogP contribution in [0.5, 0.6) is 0 Å². The van der Waals surface area contributed by atoms with Crippen molar-refractivity contribution in [3.05, 3.63) is 28.5 Å². The topological polar surface area (TPSA) is 45.2 Å². The summed E-state index contributed by atoms with van der Waals surface area (Å²) in [7, 11) is 0. The average Bonchev–Trinajstić information content (AvgIpc) is 2.35. The number of aromatic nitrogens is 1. The molecular formula is C13H20BrN3O. The van der Waals surface area contributed by atoms with Crippen molar-refractivity contribution in [1.29, 1.82) is 0 Å². The molecule has 0 saturated carbocycles. The van der Waals surface area contributed by atoms with Crippen molar-refractivity contribution in [2.75, 3.05) is 19.6 Å². The van der Waals surface area contributed by atoms with Gasteiger partial charge in [-0.05, 0) is 42.0 Å². The van der Waals surface area contributed by atoms with Crippen LogP contribution in [0.1, 0.15) is 31.1 Å². The summed E-state index contributed by atoms with van der Waals surface area (Å²) in [5.41, 5.74) is 0.579. The van der Waals surface area contributed by atoms with Crippen LogP contribution >= 0.6 is 15.9 Å². The molecule has 0 aliphatic carbocycles. The smallest absolute Gasteiger partial charge is 0.253 e. The number of hydrogen-bond donors (Lipinski definition) is 1. The lowest BCUT2D eigenvalue weighted by Crippen LogP contribution is -2.41. The molecule has 0 spiro atoms. The lowest BCUT2D eigenvalue weighted by molar-refractivity contribution is 0.0930. The van der Waals surface area contributed by atoms with E-state index in [-0.39, 0.29) is 11.9 Å². The van der Waals surface area contributed by atoms with Crippen LogP contribution in [0.4, 0.5) is 0 Å². The average molecular weight is 314 g/mol. The summed E-state index contributed by atoms with van der Waals surface area (Å²) in [5.74, 6) is -0.0801. The van der Waals surface area contributed by atoms with Crippen molar-refractivity contribution < 1.29 is 4.79 Å². The van der Waals surface area contributed by atoms with Crippen LogP contribution in [-0.2, 0) is 0 Å². The van der Waals surface area contributed by atoms with Gasteiger partial charge >= 0.3 is 0 Å². The quantitative estimate of drug-likeness (QED) is 0.876. The van der Waals surface area contributed by atoms with Crippen molar-refractivity contribution in [2.45, 2.75) is 26.8 Å². The molecule has 1 N–H and O–H groups in total. The summed E-state index contributed by atoms with van der Waals surface area (Å²) in [6.45, 7) is 9.11. The van der Waals surface area contributed by atoms with E-state index < -0.39 is 0 Å². The van der Waals surface area contributed by atoms with Crippen molar-refractivity contribution in [3.8, 4) is 0 Å². The first-order valence-electron chi connectivity index (χ1n) is 6.20. The summed E-state index contributed by atoms with van der Waals surface area (Å²) in [6.07, 6.45) is 3.24. The minimum Gasteiger partial charge on any atom is -0.348 e. The Morgan fingerprint density at radius 1 is 1.44 bits per heavy atom. The second-order valence-corrected chi connectivity index (χ2v) is 5.17. The van der Waals surface area contributed by atoms with Gasteiger partial charge in [-0.3, -0.25) is 9.78 Å². The molecule has 1 amide bonds. The number of likely N-dealkylation sites (N-methyl/N-ethyl adjacent to an activating group) is 1. The van der Waals surface area contributed by atoms with Crippen molar-refractivity contribution >= 4 is 21.8 Å². The van der Waals surface area contributed by atoms with Crippen LogP contribution in [0.2, 0.25) is 0 Å². The Balaban J connectivity index is 2.54. The predicted molar refractivity (Wildman–Crippen MR) is 76.7 cm³/mol. The molecule has 0 aliphatic rings. The van der Waals surface area contributed by atoms with E-state index in [1.165, 1.54) is 0 Å². The molecule has 18 heavy (non-hydrogen) atoms. The predicted octanol–water partition coefficient (Wildman–Crippen LogP) is 2.30. The SMILES string of the molecule is CCN(CC)CC(C)NC(=O)c1cncc(Br)c1. The zero-order valence-electron chi connectivity index (χ0n) is 11.1. The fraction of sp³-hybridized carbons (Fsp3) is 0.538. The molecule has 0 fully saturated rings. The van der Waals surface area contributed by atoms with E-state index in [9.17, 15) is 4.79 Å². The number of nitrogens with zero attached hydrogens (tertiary/aromatic N) is 2. The van der Waals surface area contributed by atoms with E-state index in [4.69, 9.17) is 0 Å². The Labute approximate surface area is 117 Å². The maximum atomic E-state index is 12.0. The Bertz CT molecular complexity index is 394. The number of halogens is 1. The van der Waals surface area contributed by atoms with E-state index in [2.05, 4.69) is 45.0 Å². The maximum absolute atomic E-state index is 12.0. The number of rotatable bonds is 6. The summed E-state index contributed by atoms with van der Waals surface area (Å²) in [5, 5.41) is 2.98. The first-order chi connectivity index (χ1) is 8.56. The molecule has 100 valence electrons. The first kappa shape index (κ1) is 15.1. The van der Waals surface area contributed by atoms with Crippen LogP contribution in [-0.4, -0.2) is 41.5 Å². The Hall–Kier alpha value is -0.940. The van der Waals surface area contributed by atoms with Crippen molar-refractivity contribution in [3.63, 3.8) is 0 Å². The lowest BCUT2D eigenvalue weighted by Gasteiger charge is -2.23. The molecule has 1 aromatic rings. The molecular weight excluding hydrogens is 294 g/mol. The Morgan fingerprint density at radius 2 is 2.11 bits per heavy atom. The van der Waals surface area contributed by atoms with E-state index in [0.29, 0.717) is 5.56 Å². The Kier molecular flexibility index (Phi) is 6.29. The highest BCUT2D eigenvalue weighted by atomic mass is 79.9. The number of carbonyl (C=O) groups is 1. The molecule has 0 aromatic carbocycles. The van der Waals surface area contributed by atoms with Gasteiger partial charge in [0.2, 0.25) is 0 Å².